The standard InChI is InChI=1S/C31H35N3O/c1-35-29-12-11-24(30-31-27(13-16-32-30)26-9-5-6-10-28(26)33-31)20-25(29)21-34-17-14-23(15-18-34)19-22-7-3-2-4-8-22/h2-12,20,23,30,32-33H,13-19,21H2,1H3. The van der Waals surface area contributed by atoms with E-state index in [1.165, 1.54) is 58.1 Å². The van der Waals surface area contributed by atoms with Crippen LogP contribution in [0.5, 0.6) is 5.75 Å². The van der Waals surface area contributed by atoms with E-state index in [2.05, 4.69) is 88.0 Å². The van der Waals surface area contributed by atoms with Crippen LogP contribution in [0.1, 0.15) is 46.8 Å². The van der Waals surface area contributed by atoms with E-state index in [-0.39, 0.29) is 6.04 Å². The lowest BCUT2D eigenvalue weighted by Crippen LogP contribution is -2.34. The highest BCUT2D eigenvalue weighted by atomic mass is 16.5. The Bertz CT molecular complexity index is 1290. The molecular weight excluding hydrogens is 430 g/mol. The van der Waals surface area contributed by atoms with E-state index in [0.29, 0.717) is 0 Å². The molecule has 0 bridgehead atoms. The number of methoxy groups -OCH3 is 1. The van der Waals surface area contributed by atoms with E-state index < -0.39 is 0 Å². The lowest BCUT2D eigenvalue weighted by atomic mass is 9.90. The Morgan fingerprint density at radius 2 is 1.74 bits per heavy atom. The van der Waals surface area contributed by atoms with Gasteiger partial charge in [0.1, 0.15) is 5.75 Å². The molecule has 2 aliphatic heterocycles. The number of hydrogen-bond donors (Lipinski definition) is 2. The van der Waals surface area contributed by atoms with Gasteiger partial charge >= 0.3 is 0 Å². The summed E-state index contributed by atoms with van der Waals surface area (Å²) in [6.45, 7) is 4.24. The van der Waals surface area contributed by atoms with E-state index in [4.69, 9.17) is 4.74 Å². The first kappa shape index (κ1) is 22.4. The van der Waals surface area contributed by atoms with Crippen LogP contribution in [0.3, 0.4) is 0 Å². The Labute approximate surface area is 208 Å². The minimum Gasteiger partial charge on any atom is -0.496 e. The fraction of sp³-hybridized carbons (Fsp3) is 0.355. The molecule has 0 radical (unpaired) electrons. The summed E-state index contributed by atoms with van der Waals surface area (Å²) in [6.07, 6.45) is 4.80. The molecule has 1 atom stereocenters. The van der Waals surface area contributed by atoms with Crippen LogP contribution < -0.4 is 10.1 Å². The van der Waals surface area contributed by atoms with E-state index in [9.17, 15) is 0 Å². The fourth-order valence-electron chi connectivity index (χ4n) is 6.10. The van der Waals surface area contributed by atoms with Crippen LogP contribution >= 0.6 is 0 Å². The summed E-state index contributed by atoms with van der Waals surface area (Å²) in [5.41, 5.74) is 8.08. The van der Waals surface area contributed by atoms with Gasteiger partial charge in [-0.15, -0.1) is 0 Å². The van der Waals surface area contributed by atoms with Gasteiger partial charge in [0.2, 0.25) is 0 Å². The number of likely N-dealkylation sites (tertiary alicyclic amines) is 1. The van der Waals surface area contributed by atoms with Crippen molar-refractivity contribution < 1.29 is 4.74 Å². The van der Waals surface area contributed by atoms with Gasteiger partial charge in [-0.05, 0) is 79.6 Å². The van der Waals surface area contributed by atoms with Crippen LogP contribution in [0.15, 0.2) is 72.8 Å². The molecule has 4 nitrogen and oxygen atoms in total. The normalized spacial score (nSPS) is 19.1. The minimum atomic E-state index is 0.187. The zero-order chi connectivity index (χ0) is 23.6. The van der Waals surface area contributed by atoms with Gasteiger partial charge < -0.3 is 15.0 Å². The Morgan fingerprint density at radius 3 is 2.57 bits per heavy atom. The SMILES string of the molecule is COc1ccc(C2NCCc3c2[nH]c2ccccc32)cc1CN1CCC(Cc2ccccc2)CC1. The van der Waals surface area contributed by atoms with Gasteiger partial charge in [0.05, 0.1) is 13.2 Å². The van der Waals surface area contributed by atoms with Crippen LogP contribution in [0, 0.1) is 5.92 Å². The van der Waals surface area contributed by atoms with Crippen LogP contribution in [-0.2, 0) is 19.4 Å². The molecule has 0 spiro atoms. The average molecular weight is 466 g/mol. The van der Waals surface area contributed by atoms with Gasteiger partial charge in [-0.3, -0.25) is 4.90 Å². The largest absolute Gasteiger partial charge is 0.496 e. The van der Waals surface area contributed by atoms with Gasteiger partial charge in [-0.1, -0.05) is 54.6 Å². The second-order valence-electron chi connectivity index (χ2n) is 10.2. The fourth-order valence-corrected chi connectivity index (χ4v) is 6.10. The van der Waals surface area contributed by atoms with E-state index >= 15 is 0 Å². The number of hydrogen-bond acceptors (Lipinski definition) is 3. The highest BCUT2D eigenvalue weighted by molar-refractivity contribution is 5.85. The Hall–Kier alpha value is -3.08. The molecule has 4 heteroatoms. The van der Waals surface area contributed by atoms with Crippen molar-refractivity contribution in [2.24, 2.45) is 5.92 Å². The molecule has 2 N–H and O–H groups in total. The first-order valence-electron chi connectivity index (χ1n) is 13.0. The van der Waals surface area contributed by atoms with Crippen molar-refractivity contribution in [3.05, 3.63) is 101 Å². The number of fused-ring (bicyclic) bond motifs is 3. The van der Waals surface area contributed by atoms with Crippen LogP contribution in [0.2, 0.25) is 0 Å². The number of ether oxygens (including phenoxy) is 1. The monoisotopic (exact) mass is 465 g/mol. The maximum absolute atomic E-state index is 5.79. The van der Waals surface area contributed by atoms with Crippen LogP contribution in [-0.4, -0.2) is 36.6 Å². The number of H-pyrrole nitrogens is 1. The number of piperidine rings is 1. The van der Waals surface area contributed by atoms with Gasteiger partial charge in [0.25, 0.3) is 0 Å². The van der Waals surface area contributed by atoms with Crippen LogP contribution in [0.4, 0.5) is 0 Å². The molecule has 35 heavy (non-hydrogen) atoms. The molecule has 6 rings (SSSR count). The molecule has 1 saturated heterocycles. The van der Waals surface area contributed by atoms with Gasteiger partial charge in [-0.25, -0.2) is 0 Å². The second-order valence-corrected chi connectivity index (χ2v) is 10.2. The maximum atomic E-state index is 5.79. The molecule has 0 amide bonds. The van der Waals surface area contributed by atoms with Gasteiger partial charge in [0, 0.05) is 35.2 Å². The summed E-state index contributed by atoms with van der Waals surface area (Å²) in [5.74, 6) is 1.78. The molecule has 1 fully saturated rings. The Balaban J connectivity index is 1.19. The number of nitrogens with zero attached hydrogens (tertiary/aromatic N) is 1. The minimum absolute atomic E-state index is 0.187. The summed E-state index contributed by atoms with van der Waals surface area (Å²) >= 11 is 0. The smallest absolute Gasteiger partial charge is 0.123 e. The van der Waals surface area contributed by atoms with Crippen molar-refractivity contribution >= 4 is 10.9 Å². The zero-order valence-electron chi connectivity index (χ0n) is 20.6. The lowest BCUT2D eigenvalue weighted by molar-refractivity contribution is 0.175. The molecule has 1 aromatic heterocycles. The van der Waals surface area contributed by atoms with Gasteiger partial charge in [0.15, 0.2) is 0 Å². The quantitative estimate of drug-likeness (QED) is 0.374. The molecule has 0 aliphatic carbocycles. The molecule has 2 aliphatic rings. The molecular formula is C31H35N3O. The van der Waals surface area contributed by atoms with Crippen molar-refractivity contribution in [3.63, 3.8) is 0 Å². The van der Waals surface area contributed by atoms with Crippen LogP contribution in [0.25, 0.3) is 10.9 Å². The average Bonchev–Trinajstić information content (AvgIpc) is 3.29. The van der Waals surface area contributed by atoms with E-state index in [0.717, 1.165) is 44.3 Å². The Morgan fingerprint density at radius 1 is 0.943 bits per heavy atom. The summed E-state index contributed by atoms with van der Waals surface area (Å²) < 4.78 is 5.79. The summed E-state index contributed by atoms with van der Waals surface area (Å²) in [5, 5.41) is 5.13. The van der Waals surface area contributed by atoms with Crippen molar-refractivity contribution in [1.29, 1.82) is 0 Å². The number of nitrogens with one attached hydrogen (secondary N) is 2. The number of rotatable bonds is 6. The van der Waals surface area contributed by atoms with Gasteiger partial charge in [-0.2, -0.15) is 0 Å². The highest BCUT2D eigenvalue weighted by Crippen LogP contribution is 2.35. The third-order valence-electron chi connectivity index (χ3n) is 7.96. The third kappa shape index (κ3) is 4.61. The predicted octanol–water partition coefficient (Wildman–Crippen LogP) is 5.87. The lowest BCUT2D eigenvalue weighted by Gasteiger charge is -2.32. The zero-order valence-corrected chi connectivity index (χ0v) is 20.6. The summed E-state index contributed by atoms with van der Waals surface area (Å²) in [7, 11) is 1.79. The topological polar surface area (TPSA) is 40.3 Å². The second kappa shape index (κ2) is 9.88. The molecule has 1 unspecified atom stereocenters. The number of benzene rings is 3. The molecule has 4 aromatic rings. The summed E-state index contributed by atoms with van der Waals surface area (Å²) in [4.78, 5) is 6.32. The number of para-hydroxylation sites is 1. The van der Waals surface area contributed by atoms with Crippen molar-refractivity contribution in [1.82, 2.24) is 15.2 Å². The third-order valence-corrected chi connectivity index (χ3v) is 7.96. The number of aromatic nitrogens is 1. The number of aromatic amines is 1. The predicted molar refractivity (Wildman–Crippen MR) is 143 cm³/mol. The first-order chi connectivity index (χ1) is 17.3. The van der Waals surface area contributed by atoms with Crippen molar-refractivity contribution in [2.75, 3.05) is 26.7 Å². The maximum Gasteiger partial charge on any atom is 0.123 e. The van der Waals surface area contributed by atoms with Crippen molar-refractivity contribution in [2.45, 2.75) is 38.3 Å². The Kier molecular flexibility index (Phi) is 6.32. The molecule has 3 aromatic carbocycles. The highest BCUT2D eigenvalue weighted by Gasteiger charge is 2.26. The first-order valence-corrected chi connectivity index (χ1v) is 13.0. The van der Waals surface area contributed by atoms with E-state index in [1.807, 2.05) is 0 Å². The van der Waals surface area contributed by atoms with E-state index in [1.54, 1.807) is 7.11 Å². The molecule has 180 valence electrons. The summed E-state index contributed by atoms with van der Waals surface area (Å²) in [6, 6.07) is 26.6. The molecule has 3 heterocycles. The molecule has 0 saturated carbocycles. The van der Waals surface area contributed by atoms with Crippen molar-refractivity contribution in [3.8, 4) is 5.75 Å².